The van der Waals surface area contributed by atoms with Crippen molar-refractivity contribution in [3.63, 3.8) is 0 Å². The number of carbonyl (C=O) groups is 1. The van der Waals surface area contributed by atoms with E-state index in [0.717, 1.165) is 23.1 Å². The normalized spacial score (nSPS) is 16.5. The Kier molecular flexibility index (Phi) is 4.92. The summed E-state index contributed by atoms with van der Waals surface area (Å²) in [6.07, 6.45) is 0.766. The van der Waals surface area contributed by atoms with Gasteiger partial charge in [0.2, 0.25) is 5.88 Å². The zero-order valence-corrected chi connectivity index (χ0v) is 15.3. The fraction of sp³-hybridized carbons (Fsp3) is 0.273. The smallest absolute Gasteiger partial charge is 0.253 e. The van der Waals surface area contributed by atoms with Crippen molar-refractivity contribution >= 4 is 16.8 Å². The van der Waals surface area contributed by atoms with E-state index in [1.165, 1.54) is 0 Å². The highest BCUT2D eigenvalue weighted by Crippen LogP contribution is 2.22. The van der Waals surface area contributed by atoms with Crippen LogP contribution in [0.25, 0.3) is 10.9 Å². The molecule has 3 aromatic rings. The lowest BCUT2D eigenvalue weighted by molar-refractivity contribution is 0.0771. The van der Waals surface area contributed by atoms with Gasteiger partial charge in [-0.05, 0) is 43.3 Å². The summed E-state index contributed by atoms with van der Waals surface area (Å²) in [5, 5.41) is 1.09. The fourth-order valence-corrected chi connectivity index (χ4v) is 3.34. The van der Waals surface area contributed by atoms with Gasteiger partial charge in [0.15, 0.2) is 0 Å². The van der Waals surface area contributed by atoms with Gasteiger partial charge in [0.05, 0.1) is 18.7 Å². The number of pyridine rings is 1. The van der Waals surface area contributed by atoms with E-state index in [1.54, 1.807) is 0 Å². The van der Waals surface area contributed by atoms with Gasteiger partial charge in [-0.2, -0.15) is 0 Å². The molecule has 0 bridgehead atoms. The van der Waals surface area contributed by atoms with Crippen molar-refractivity contribution in [3.05, 3.63) is 66.2 Å². The molecule has 4 rings (SSSR count). The summed E-state index contributed by atoms with van der Waals surface area (Å²) >= 11 is 0. The van der Waals surface area contributed by atoms with Crippen LogP contribution in [0, 0.1) is 0 Å². The number of fused-ring (bicyclic) bond motifs is 1. The maximum absolute atomic E-state index is 12.7. The molecule has 0 spiro atoms. The second-order valence-corrected chi connectivity index (χ2v) is 6.58. The summed E-state index contributed by atoms with van der Waals surface area (Å²) in [7, 11) is 0. The number of hydrogen-bond donors (Lipinski definition) is 0. The van der Waals surface area contributed by atoms with Crippen LogP contribution in [0.2, 0.25) is 0 Å². The molecule has 2 aromatic carbocycles. The van der Waals surface area contributed by atoms with E-state index in [0.29, 0.717) is 31.1 Å². The van der Waals surface area contributed by atoms with Gasteiger partial charge in [0, 0.05) is 30.0 Å². The average molecular weight is 362 g/mol. The van der Waals surface area contributed by atoms with Gasteiger partial charge < -0.3 is 14.4 Å². The number of benzene rings is 2. The van der Waals surface area contributed by atoms with Gasteiger partial charge in [0.1, 0.15) is 11.9 Å². The molecule has 1 fully saturated rings. The molecule has 5 heteroatoms. The van der Waals surface area contributed by atoms with Crippen LogP contribution in [0.1, 0.15) is 23.7 Å². The number of likely N-dealkylation sites (tertiary alicyclic amines) is 1. The van der Waals surface area contributed by atoms with Crippen molar-refractivity contribution < 1.29 is 14.3 Å². The number of nitrogens with zero attached hydrogens (tertiary/aromatic N) is 2. The summed E-state index contributed by atoms with van der Waals surface area (Å²) < 4.78 is 11.5. The van der Waals surface area contributed by atoms with Gasteiger partial charge in [-0.15, -0.1) is 0 Å². The first kappa shape index (κ1) is 17.3. The predicted molar refractivity (Wildman–Crippen MR) is 104 cm³/mol. The second kappa shape index (κ2) is 7.66. The zero-order chi connectivity index (χ0) is 18.6. The Labute approximate surface area is 158 Å². The molecule has 0 N–H and O–H groups in total. The highest BCUT2D eigenvalue weighted by atomic mass is 16.5. The van der Waals surface area contributed by atoms with Gasteiger partial charge >= 0.3 is 0 Å². The molecule has 2 heterocycles. The van der Waals surface area contributed by atoms with Crippen molar-refractivity contribution in [2.24, 2.45) is 0 Å². The second-order valence-electron chi connectivity index (χ2n) is 6.58. The summed E-state index contributed by atoms with van der Waals surface area (Å²) in [6.45, 7) is 3.81. The van der Waals surface area contributed by atoms with Gasteiger partial charge in [-0.1, -0.05) is 18.2 Å². The van der Waals surface area contributed by atoms with Crippen LogP contribution in [0.4, 0.5) is 0 Å². The van der Waals surface area contributed by atoms with Gasteiger partial charge in [0.25, 0.3) is 5.91 Å². The molecule has 0 saturated carbocycles. The van der Waals surface area contributed by atoms with Crippen molar-refractivity contribution in [2.45, 2.75) is 19.4 Å². The molecule has 1 saturated heterocycles. The van der Waals surface area contributed by atoms with Gasteiger partial charge in [-0.25, -0.2) is 4.98 Å². The Bertz CT molecular complexity index is 940. The highest BCUT2D eigenvalue weighted by Gasteiger charge is 2.28. The van der Waals surface area contributed by atoms with Crippen LogP contribution in [-0.2, 0) is 0 Å². The van der Waals surface area contributed by atoms with E-state index in [2.05, 4.69) is 4.98 Å². The number of ether oxygens (including phenoxy) is 2. The SMILES string of the molecule is CCOc1ccc(C(=O)N2CCC(Oc3ccc4ccccc4n3)C2)cc1. The number of rotatable bonds is 5. The third kappa shape index (κ3) is 3.87. The van der Waals surface area contributed by atoms with Crippen molar-refractivity contribution in [2.75, 3.05) is 19.7 Å². The molecule has 1 unspecified atom stereocenters. The Morgan fingerprint density at radius 1 is 1.11 bits per heavy atom. The highest BCUT2D eigenvalue weighted by molar-refractivity contribution is 5.94. The molecule has 1 aromatic heterocycles. The minimum absolute atomic E-state index is 0.0237. The first-order valence-corrected chi connectivity index (χ1v) is 9.27. The zero-order valence-electron chi connectivity index (χ0n) is 15.3. The lowest BCUT2D eigenvalue weighted by Crippen LogP contribution is -2.31. The quantitative estimate of drug-likeness (QED) is 0.690. The molecule has 1 amide bonds. The Hall–Kier alpha value is -3.08. The van der Waals surface area contributed by atoms with Crippen molar-refractivity contribution in [3.8, 4) is 11.6 Å². The minimum atomic E-state index is -0.0367. The summed E-state index contributed by atoms with van der Waals surface area (Å²) in [4.78, 5) is 19.1. The maximum atomic E-state index is 12.7. The molecule has 27 heavy (non-hydrogen) atoms. The first-order chi connectivity index (χ1) is 13.2. The topological polar surface area (TPSA) is 51.7 Å². The summed E-state index contributed by atoms with van der Waals surface area (Å²) in [5.74, 6) is 1.41. The van der Waals surface area contributed by atoms with Crippen LogP contribution >= 0.6 is 0 Å². The molecule has 0 aliphatic carbocycles. The van der Waals surface area contributed by atoms with Gasteiger partial charge in [-0.3, -0.25) is 4.79 Å². The molecule has 1 aliphatic rings. The third-order valence-electron chi connectivity index (χ3n) is 4.70. The van der Waals surface area contributed by atoms with Crippen LogP contribution < -0.4 is 9.47 Å². The maximum Gasteiger partial charge on any atom is 0.253 e. The predicted octanol–water partition coefficient (Wildman–Crippen LogP) is 3.93. The van der Waals surface area contributed by atoms with Crippen molar-refractivity contribution in [1.29, 1.82) is 0 Å². The summed E-state index contributed by atoms with van der Waals surface area (Å²) in [6, 6.07) is 19.1. The molecular formula is C22H22N2O3. The average Bonchev–Trinajstić information content (AvgIpc) is 3.17. The van der Waals surface area contributed by atoms with E-state index < -0.39 is 0 Å². The van der Waals surface area contributed by atoms with E-state index in [-0.39, 0.29) is 12.0 Å². The van der Waals surface area contributed by atoms with Crippen LogP contribution in [-0.4, -0.2) is 41.6 Å². The molecule has 0 radical (unpaired) electrons. The lowest BCUT2D eigenvalue weighted by Gasteiger charge is -2.17. The molecule has 1 aliphatic heterocycles. The number of amides is 1. The largest absolute Gasteiger partial charge is 0.494 e. The number of para-hydroxylation sites is 1. The molecule has 138 valence electrons. The Balaban J connectivity index is 1.39. The molecule has 1 atom stereocenters. The number of aromatic nitrogens is 1. The number of carbonyl (C=O) groups excluding carboxylic acids is 1. The molecular weight excluding hydrogens is 340 g/mol. The summed E-state index contributed by atoms with van der Waals surface area (Å²) in [5.41, 5.74) is 1.58. The lowest BCUT2D eigenvalue weighted by atomic mass is 10.2. The first-order valence-electron chi connectivity index (χ1n) is 9.27. The third-order valence-corrected chi connectivity index (χ3v) is 4.70. The van der Waals surface area contributed by atoms with Crippen LogP contribution in [0.5, 0.6) is 11.6 Å². The van der Waals surface area contributed by atoms with E-state index in [1.807, 2.05) is 72.5 Å². The molecule has 5 nitrogen and oxygen atoms in total. The fourth-order valence-electron chi connectivity index (χ4n) is 3.34. The monoisotopic (exact) mass is 362 g/mol. The minimum Gasteiger partial charge on any atom is -0.494 e. The van der Waals surface area contributed by atoms with Crippen LogP contribution in [0.15, 0.2) is 60.7 Å². The van der Waals surface area contributed by atoms with Crippen molar-refractivity contribution in [1.82, 2.24) is 9.88 Å². The number of hydrogen-bond acceptors (Lipinski definition) is 4. The van der Waals surface area contributed by atoms with E-state index >= 15 is 0 Å². The van der Waals surface area contributed by atoms with Crippen LogP contribution in [0.3, 0.4) is 0 Å². The standard InChI is InChI=1S/C22H22N2O3/c1-2-26-18-10-7-17(8-11-18)22(25)24-14-13-19(15-24)27-21-12-9-16-5-3-4-6-20(16)23-21/h3-12,19H,2,13-15H2,1H3. The van der Waals surface area contributed by atoms with E-state index in [4.69, 9.17) is 9.47 Å². The Morgan fingerprint density at radius 3 is 2.74 bits per heavy atom. The van der Waals surface area contributed by atoms with E-state index in [9.17, 15) is 4.79 Å². The Morgan fingerprint density at radius 2 is 1.93 bits per heavy atom.